The normalized spacial score (nSPS) is 18.2. The van der Waals surface area contributed by atoms with Crippen LogP contribution in [0.25, 0.3) is 0 Å². The zero-order valence-corrected chi connectivity index (χ0v) is 17.1. The number of aryl methyl sites for hydroxylation is 1. The number of fused-ring (bicyclic) bond motifs is 1. The van der Waals surface area contributed by atoms with Crippen molar-refractivity contribution in [3.05, 3.63) is 65.2 Å². The summed E-state index contributed by atoms with van der Waals surface area (Å²) in [5, 5.41) is 0. The molecule has 8 heteroatoms. The van der Waals surface area contributed by atoms with Crippen molar-refractivity contribution in [1.82, 2.24) is 4.90 Å². The van der Waals surface area contributed by atoms with Gasteiger partial charge in [0.05, 0.1) is 31.7 Å². The van der Waals surface area contributed by atoms with Crippen molar-refractivity contribution in [2.24, 2.45) is 4.40 Å². The van der Waals surface area contributed by atoms with Gasteiger partial charge >= 0.3 is 5.97 Å². The van der Waals surface area contributed by atoms with Gasteiger partial charge in [0, 0.05) is 5.56 Å². The summed E-state index contributed by atoms with van der Waals surface area (Å²) in [6, 6.07) is 14.3. The summed E-state index contributed by atoms with van der Waals surface area (Å²) in [5.74, 6) is 0.249. The molecule has 29 heavy (non-hydrogen) atoms. The molecule has 0 spiro atoms. The van der Waals surface area contributed by atoms with Crippen LogP contribution in [0.4, 0.5) is 0 Å². The number of nitrogens with zero attached hydrogens (tertiary/aromatic N) is 2. The Hall–Kier alpha value is -2.71. The highest BCUT2D eigenvalue weighted by Gasteiger charge is 2.33. The van der Waals surface area contributed by atoms with E-state index in [1.54, 1.807) is 18.2 Å². The molecular formula is C21H24N3O4S+. The number of rotatable bonds is 4. The Bertz CT molecular complexity index is 1060. The van der Waals surface area contributed by atoms with E-state index in [0.29, 0.717) is 36.7 Å². The van der Waals surface area contributed by atoms with Crippen LogP contribution in [-0.2, 0) is 14.8 Å². The quantitative estimate of drug-likeness (QED) is 0.737. The number of ether oxygens (including phenoxy) is 1. The first kappa shape index (κ1) is 19.6. The second kappa shape index (κ2) is 7.96. The van der Waals surface area contributed by atoms with Crippen molar-refractivity contribution in [3.63, 3.8) is 0 Å². The summed E-state index contributed by atoms with van der Waals surface area (Å²) in [4.78, 5) is 15.8. The molecule has 0 aromatic heterocycles. The average molecular weight is 415 g/mol. The zero-order chi connectivity index (χ0) is 20.4. The predicted molar refractivity (Wildman–Crippen MR) is 109 cm³/mol. The van der Waals surface area contributed by atoms with E-state index in [9.17, 15) is 13.2 Å². The van der Waals surface area contributed by atoms with Gasteiger partial charge in [0.2, 0.25) is 0 Å². The van der Waals surface area contributed by atoms with Crippen LogP contribution in [0, 0.1) is 6.92 Å². The van der Waals surface area contributed by atoms with Crippen LogP contribution in [0.3, 0.4) is 0 Å². The number of carbonyl (C=O) groups excluding carboxylic acids is 1. The summed E-state index contributed by atoms with van der Waals surface area (Å²) in [6.45, 7) is 6.13. The number of quaternary nitrogens is 1. The van der Waals surface area contributed by atoms with Gasteiger partial charge in [-0.25, -0.2) is 4.79 Å². The third-order valence-corrected chi connectivity index (χ3v) is 6.65. The minimum Gasteiger partial charge on any atom is -0.456 e. The van der Waals surface area contributed by atoms with E-state index in [2.05, 4.69) is 4.40 Å². The van der Waals surface area contributed by atoms with E-state index in [-0.39, 0.29) is 10.9 Å². The Labute approximate surface area is 170 Å². The molecule has 2 aromatic rings. The number of carbonyl (C=O) groups is 1. The fraction of sp³-hybridized carbons (Fsp3) is 0.333. The minimum atomic E-state index is -3.59. The molecule has 1 N–H and O–H groups in total. The van der Waals surface area contributed by atoms with Gasteiger partial charge in [-0.2, -0.15) is 8.42 Å². The highest BCUT2D eigenvalue weighted by atomic mass is 32.2. The number of hydrogen-bond donors (Lipinski definition) is 1. The second-order valence-corrected chi connectivity index (χ2v) is 8.95. The van der Waals surface area contributed by atoms with Crippen LogP contribution in [0.1, 0.15) is 21.5 Å². The maximum absolute atomic E-state index is 12.2. The summed E-state index contributed by atoms with van der Waals surface area (Å²) < 4.78 is 33.9. The molecule has 0 atom stereocenters. The zero-order valence-electron chi connectivity index (χ0n) is 16.3. The van der Waals surface area contributed by atoms with Crippen LogP contribution in [0.15, 0.2) is 57.8 Å². The maximum atomic E-state index is 12.2. The van der Waals surface area contributed by atoms with Crippen molar-refractivity contribution >= 4 is 21.8 Å². The number of benzene rings is 2. The van der Waals surface area contributed by atoms with Crippen LogP contribution in [0.2, 0.25) is 0 Å². The largest absolute Gasteiger partial charge is 0.456 e. The minimum absolute atomic E-state index is 0.285. The van der Waals surface area contributed by atoms with Gasteiger partial charge < -0.3 is 14.5 Å². The molecule has 1 saturated heterocycles. The van der Waals surface area contributed by atoms with Gasteiger partial charge in [-0.3, -0.25) is 0 Å². The molecule has 0 bridgehead atoms. The number of esters is 1. The van der Waals surface area contributed by atoms with E-state index in [4.69, 9.17) is 4.74 Å². The van der Waals surface area contributed by atoms with Gasteiger partial charge in [0.25, 0.3) is 10.0 Å². The Kier molecular flexibility index (Phi) is 5.38. The summed E-state index contributed by atoms with van der Waals surface area (Å²) in [7, 11) is -3.59. The predicted octanol–water partition coefficient (Wildman–Crippen LogP) is 0.501. The van der Waals surface area contributed by atoms with Gasteiger partial charge in [-0.1, -0.05) is 29.8 Å². The van der Waals surface area contributed by atoms with Crippen molar-refractivity contribution in [3.8, 4) is 0 Å². The lowest BCUT2D eigenvalue weighted by Gasteiger charge is -2.33. The van der Waals surface area contributed by atoms with Crippen molar-refractivity contribution in [2.45, 2.75) is 11.8 Å². The number of piperazine rings is 1. The van der Waals surface area contributed by atoms with Gasteiger partial charge in [-0.05, 0) is 31.2 Å². The molecule has 0 aliphatic carbocycles. The Morgan fingerprint density at radius 2 is 1.90 bits per heavy atom. The third-order valence-electron chi connectivity index (χ3n) is 5.33. The molecule has 0 saturated carbocycles. The SMILES string of the molecule is Cc1cccc(C(=O)OCC[NH+]2CCN(C3=NS(=O)(=O)c4ccccc43)CC2)c1. The highest BCUT2D eigenvalue weighted by Crippen LogP contribution is 2.27. The molecule has 7 nitrogen and oxygen atoms in total. The van der Waals surface area contributed by atoms with E-state index in [0.717, 1.165) is 25.2 Å². The molecule has 0 unspecified atom stereocenters. The molecule has 2 heterocycles. The second-order valence-electron chi connectivity index (χ2n) is 7.38. The van der Waals surface area contributed by atoms with Crippen molar-refractivity contribution in [1.29, 1.82) is 0 Å². The lowest BCUT2D eigenvalue weighted by atomic mass is 10.1. The number of amidine groups is 1. The van der Waals surface area contributed by atoms with E-state index < -0.39 is 10.0 Å². The highest BCUT2D eigenvalue weighted by molar-refractivity contribution is 7.90. The van der Waals surface area contributed by atoms with Crippen LogP contribution in [0.5, 0.6) is 0 Å². The standard InChI is InChI=1S/C21H23N3O4S/c1-16-5-4-6-17(15-16)21(25)28-14-13-23-9-11-24(12-10-23)20-18-7-2-3-8-19(18)29(26,27)22-20/h2-8,15H,9-14H2,1H3/p+1. The molecule has 1 fully saturated rings. The first-order valence-corrected chi connectivity index (χ1v) is 11.1. The Balaban J connectivity index is 1.29. The van der Waals surface area contributed by atoms with Gasteiger partial charge in [-0.15, -0.1) is 4.40 Å². The van der Waals surface area contributed by atoms with E-state index in [1.165, 1.54) is 4.90 Å². The maximum Gasteiger partial charge on any atom is 0.338 e. The number of hydrogen-bond acceptors (Lipinski definition) is 5. The molecule has 2 aliphatic heterocycles. The van der Waals surface area contributed by atoms with Crippen molar-refractivity contribution in [2.75, 3.05) is 39.3 Å². The number of sulfonamides is 1. The van der Waals surface area contributed by atoms with Gasteiger partial charge in [0.15, 0.2) is 5.84 Å². The molecule has 2 aliphatic rings. The molecule has 0 radical (unpaired) electrons. The Morgan fingerprint density at radius 1 is 1.14 bits per heavy atom. The average Bonchev–Trinajstić information content (AvgIpc) is 3.00. The smallest absolute Gasteiger partial charge is 0.338 e. The van der Waals surface area contributed by atoms with Crippen LogP contribution < -0.4 is 4.90 Å². The van der Waals surface area contributed by atoms with E-state index in [1.807, 2.05) is 42.2 Å². The summed E-state index contributed by atoms with van der Waals surface area (Å²) in [5.41, 5.74) is 2.28. The van der Waals surface area contributed by atoms with E-state index >= 15 is 0 Å². The molecule has 152 valence electrons. The third kappa shape index (κ3) is 4.18. The fourth-order valence-electron chi connectivity index (χ4n) is 3.74. The fourth-order valence-corrected chi connectivity index (χ4v) is 4.97. The molecular weight excluding hydrogens is 390 g/mol. The lowest BCUT2D eigenvalue weighted by molar-refractivity contribution is -0.904. The first-order chi connectivity index (χ1) is 13.9. The van der Waals surface area contributed by atoms with Crippen LogP contribution in [-0.4, -0.2) is 64.5 Å². The van der Waals surface area contributed by atoms with Crippen molar-refractivity contribution < 1.29 is 22.8 Å². The topological polar surface area (TPSA) is 80.5 Å². The first-order valence-electron chi connectivity index (χ1n) is 9.71. The van der Waals surface area contributed by atoms with Gasteiger partial charge in [0.1, 0.15) is 18.0 Å². The lowest BCUT2D eigenvalue weighted by Crippen LogP contribution is -3.15. The van der Waals surface area contributed by atoms with Crippen LogP contribution >= 0.6 is 0 Å². The monoisotopic (exact) mass is 414 g/mol. The molecule has 0 amide bonds. The number of nitrogens with one attached hydrogen (secondary N) is 1. The Morgan fingerprint density at radius 3 is 2.66 bits per heavy atom. The molecule has 4 rings (SSSR count). The molecule has 2 aromatic carbocycles. The summed E-state index contributed by atoms with van der Waals surface area (Å²) >= 11 is 0. The summed E-state index contributed by atoms with van der Waals surface area (Å²) in [6.07, 6.45) is 0.